The van der Waals surface area contributed by atoms with Crippen LogP contribution in [-0.2, 0) is 23.0 Å². The summed E-state index contributed by atoms with van der Waals surface area (Å²) in [5.41, 5.74) is 1.40. The number of thiophene rings is 1. The number of carbonyl (C=O) groups excluding carboxylic acids is 3. The molecule has 37 heavy (non-hydrogen) atoms. The third-order valence-electron chi connectivity index (χ3n) is 6.79. The summed E-state index contributed by atoms with van der Waals surface area (Å²) in [6.07, 6.45) is 3.30. The van der Waals surface area contributed by atoms with Crippen LogP contribution >= 0.6 is 11.3 Å². The van der Waals surface area contributed by atoms with Crippen molar-refractivity contribution in [2.24, 2.45) is 0 Å². The van der Waals surface area contributed by atoms with Gasteiger partial charge in [0.05, 0.1) is 10.5 Å². The van der Waals surface area contributed by atoms with E-state index in [9.17, 15) is 22.8 Å². The number of piperidine rings is 1. The van der Waals surface area contributed by atoms with Gasteiger partial charge in [-0.3, -0.25) is 14.9 Å². The van der Waals surface area contributed by atoms with Gasteiger partial charge in [-0.2, -0.15) is 4.31 Å². The molecule has 200 valence electrons. The first kappa shape index (κ1) is 27.2. The minimum Gasteiger partial charge on any atom is -0.331 e. The number of hydrogen-bond donors (Lipinski definition) is 2. The molecule has 2 N–H and O–H groups in total. The highest BCUT2D eigenvalue weighted by Gasteiger charge is 2.32. The SMILES string of the molecule is CC1CCCCN1S(=O)(=O)c1ccc(C(=O)Nc2sc3c(c2C(=O)NC(=O)N(C)C)CCN(C)C3)cc1. The van der Waals surface area contributed by atoms with Crippen LogP contribution in [0, 0.1) is 0 Å². The lowest BCUT2D eigenvalue weighted by Gasteiger charge is -2.32. The maximum Gasteiger partial charge on any atom is 0.323 e. The molecule has 0 radical (unpaired) electrons. The molecule has 2 aromatic rings. The number of nitrogens with one attached hydrogen (secondary N) is 2. The molecule has 12 heteroatoms. The Hall–Kier alpha value is -2.80. The molecule has 2 aliphatic heterocycles. The van der Waals surface area contributed by atoms with Crippen molar-refractivity contribution in [2.75, 3.05) is 39.5 Å². The molecular weight excluding hydrogens is 514 g/mol. The Morgan fingerprint density at radius 2 is 1.76 bits per heavy atom. The van der Waals surface area contributed by atoms with E-state index in [4.69, 9.17) is 0 Å². The Balaban J connectivity index is 1.57. The van der Waals surface area contributed by atoms with E-state index < -0.39 is 27.9 Å². The summed E-state index contributed by atoms with van der Waals surface area (Å²) < 4.78 is 27.8. The molecule has 1 unspecified atom stereocenters. The molecule has 3 heterocycles. The summed E-state index contributed by atoms with van der Waals surface area (Å²) in [5, 5.41) is 5.57. The second kappa shape index (κ2) is 10.9. The van der Waals surface area contributed by atoms with Gasteiger partial charge < -0.3 is 15.1 Å². The van der Waals surface area contributed by atoms with E-state index in [1.54, 1.807) is 14.1 Å². The number of urea groups is 1. The quantitative estimate of drug-likeness (QED) is 0.594. The number of imide groups is 1. The number of nitrogens with zero attached hydrogens (tertiary/aromatic N) is 3. The second-order valence-corrected chi connectivity index (χ2v) is 12.8. The summed E-state index contributed by atoms with van der Waals surface area (Å²) in [5.74, 6) is -1.02. The van der Waals surface area contributed by atoms with Gasteiger partial charge in [-0.25, -0.2) is 13.2 Å². The summed E-state index contributed by atoms with van der Waals surface area (Å²) >= 11 is 1.32. The average molecular weight is 548 g/mol. The Morgan fingerprint density at radius 1 is 1.05 bits per heavy atom. The number of carbonyl (C=O) groups is 3. The molecule has 4 rings (SSSR count). The van der Waals surface area contributed by atoms with Crippen molar-refractivity contribution in [3.8, 4) is 0 Å². The monoisotopic (exact) mass is 547 g/mol. The Morgan fingerprint density at radius 3 is 2.41 bits per heavy atom. The molecule has 1 atom stereocenters. The van der Waals surface area contributed by atoms with Gasteiger partial charge >= 0.3 is 6.03 Å². The third kappa shape index (κ3) is 5.71. The van der Waals surface area contributed by atoms with Gasteiger partial charge in [0.2, 0.25) is 10.0 Å². The molecule has 2 aliphatic rings. The van der Waals surface area contributed by atoms with E-state index in [-0.39, 0.29) is 16.5 Å². The topological polar surface area (TPSA) is 119 Å². The molecule has 1 saturated heterocycles. The highest BCUT2D eigenvalue weighted by atomic mass is 32.2. The number of likely N-dealkylation sites (N-methyl/N-ethyl adjacent to an activating group) is 1. The molecule has 10 nitrogen and oxygen atoms in total. The van der Waals surface area contributed by atoms with E-state index in [0.29, 0.717) is 30.1 Å². The van der Waals surface area contributed by atoms with E-state index in [0.717, 1.165) is 36.2 Å². The third-order valence-corrected chi connectivity index (χ3v) is 9.95. The summed E-state index contributed by atoms with van der Waals surface area (Å²) in [4.78, 5) is 42.8. The first-order valence-electron chi connectivity index (χ1n) is 12.3. The van der Waals surface area contributed by atoms with Crippen molar-refractivity contribution < 1.29 is 22.8 Å². The number of rotatable bonds is 5. The van der Waals surface area contributed by atoms with Crippen LogP contribution in [0.4, 0.5) is 9.80 Å². The van der Waals surface area contributed by atoms with E-state index >= 15 is 0 Å². The maximum atomic E-state index is 13.1. The average Bonchev–Trinajstić information content (AvgIpc) is 3.20. The zero-order chi connectivity index (χ0) is 26.9. The van der Waals surface area contributed by atoms with Gasteiger partial charge in [0.25, 0.3) is 11.8 Å². The molecule has 1 aromatic heterocycles. The van der Waals surface area contributed by atoms with Crippen molar-refractivity contribution in [3.63, 3.8) is 0 Å². The fourth-order valence-corrected chi connectivity index (χ4v) is 7.67. The Kier molecular flexibility index (Phi) is 8.02. The molecular formula is C25H33N5O5S2. The first-order chi connectivity index (χ1) is 17.5. The summed E-state index contributed by atoms with van der Waals surface area (Å²) in [6, 6.07) is 5.25. The molecule has 4 amide bonds. The fourth-order valence-electron chi connectivity index (χ4n) is 4.65. The minimum atomic E-state index is -3.65. The standard InChI is InChI=1S/C25H33N5O5S2/c1-16-7-5-6-13-30(16)37(34,35)18-10-8-17(9-11-18)22(31)26-24-21(23(32)27-25(33)28(2)3)19-12-14-29(4)15-20(19)36-24/h8-11,16H,5-7,12-15H2,1-4H3,(H,26,31)(H,27,32,33). The zero-order valence-corrected chi connectivity index (χ0v) is 23.2. The predicted octanol–water partition coefficient (Wildman–Crippen LogP) is 2.96. The lowest BCUT2D eigenvalue weighted by molar-refractivity contribution is 0.0956. The van der Waals surface area contributed by atoms with Crippen LogP contribution in [0.5, 0.6) is 0 Å². The lowest BCUT2D eigenvalue weighted by atomic mass is 10.0. The van der Waals surface area contributed by atoms with Gasteiger partial charge in [0.1, 0.15) is 5.00 Å². The maximum absolute atomic E-state index is 13.1. The molecule has 1 fully saturated rings. The van der Waals surface area contributed by atoms with Crippen LogP contribution in [0.3, 0.4) is 0 Å². The first-order valence-corrected chi connectivity index (χ1v) is 14.5. The molecule has 0 bridgehead atoms. The van der Waals surface area contributed by atoms with Gasteiger partial charge in [-0.1, -0.05) is 6.42 Å². The lowest BCUT2D eigenvalue weighted by Crippen LogP contribution is -2.41. The van der Waals surface area contributed by atoms with Crippen LogP contribution in [0.15, 0.2) is 29.2 Å². The van der Waals surface area contributed by atoms with Crippen molar-refractivity contribution >= 4 is 44.2 Å². The molecule has 0 spiro atoms. The minimum absolute atomic E-state index is 0.0606. The second-order valence-electron chi connectivity index (χ2n) is 9.79. The summed E-state index contributed by atoms with van der Waals surface area (Å²) in [7, 11) is 1.42. The molecule has 0 saturated carbocycles. The van der Waals surface area contributed by atoms with Gasteiger partial charge in [0, 0.05) is 50.2 Å². The number of benzene rings is 1. The van der Waals surface area contributed by atoms with Gasteiger partial charge in [-0.15, -0.1) is 11.3 Å². The predicted molar refractivity (Wildman–Crippen MR) is 143 cm³/mol. The number of amides is 4. The van der Waals surface area contributed by atoms with Crippen LogP contribution in [0.25, 0.3) is 0 Å². The van der Waals surface area contributed by atoms with E-state index in [1.165, 1.54) is 44.8 Å². The van der Waals surface area contributed by atoms with Crippen molar-refractivity contribution in [1.29, 1.82) is 0 Å². The number of fused-ring (bicyclic) bond motifs is 1. The molecule has 0 aliphatic carbocycles. The van der Waals surface area contributed by atoms with Crippen LogP contribution < -0.4 is 10.6 Å². The fraction of sp³-hybridized carbons (Fsp3) is 0.480. The number of sulfonamides is 1. The van der Waals surface area contributed by atoms with Crippen molar-refractivity contribution in [2.45, 2.75) is 50.1 Å². The Labute approximate surface area is 221 Å². The Bertz CT molecular complexity index is 1300. The van der Waals surface area contributed by atoms with Gasteiger partial charge in [0.15, 0.2) is 0 Å². The zero-order valence-electron chi connectivity index (χ0n) is 21.5. The largest absolute Gasteiger partial charge is 0.331 e. The highest BCUT2D eigenvalue weighted by molar-refractivity contribution is 7.89. The van der Waals surface area contributed by atoms with E-state index in [1.807, 2.05) is 14.0 Å². The van der Waals surface area contributed by atoms with E-state index in [2.05, 4.69) is 15.5 Å². The summed E-state index contributed by atoms with van der Waals surface area (Å²) in [6.45, 7) is 3.80. The highest BCUT2D eigenvalue weighted by Crippen LogP contribution is 2.37. The van der Waals surface area contributed by atoms with Crippen LogP contribution in [0.2, 0.25) is 0 Å². The number of anilines is 1. The smallest absolute Gasteiger partial charge is 0.323 e. The molecule has 1 aromatic carbocycles. The number of hydrogen-bond acceptors (Lipinski definition) is 7. The van der Waals surface area contributed by atoms with Crippen LogP contribution in [-0.4, -0.2) is 80.6 Å². The van der Waals surface area contributed by atoms with Crippen LogP contribution in [0.1, 0.15) is 57.3 Å². The van der Waals surface area contributed by atoms with Crippen molar-refractivity contribution in [1.82, 2.24) is 19.4 Å². The van der Waals surface area contributed by atoms with Crippen molar-refractivity contribution in [3.05, 3.63) is 45.8 Å². The van der Waals surface area contributed by atoms with Gasteiger partial charge in [-0.05, 0) is 63.1 Å². The normalized spacial score (nSPS) is 18.6.